The predicted octanol–water partition coefficient (Wildman–Crippen LogP) is 2.51. The van der Waals surface area contributed by atoms with E-state index in [-0.39, 0.29) is 5.91 Å². The van der Waals surface area contributed by atoms with Crippen LogP contribution >= 0.6 is 0 Å². The lowest BCUT2D eigenvalue weighted by atomic mass is 9.84. The van der Waals surface area contributed by atoms with Gasteiger partial charge in [-0.05, 0) is 62.4 Å². The van der Waals surface area contributed by atoms with Crippen LogP contribution in [0.5, 0.6) is 0 Å². The van der Waals surface area contributed by atoms with Gasteiger partial charge in [0, 0.05) is 23.3 Å². The summed E-state index contributed by atoms with van der Waals surface area (Å²) in [5.74, 6) is 0.609. The molecule has 0 spiro atoms. The number of rotatable bonds is 5. The van der Waals surface area contributed by atoms with Crippen molar-refractivity contribution < 1.29 is 4.79 Å². The third kappa shape index (κ3) is 3.76. The smallest absolute Gasteiger partial charge is 0.251 e. The fourth-order valence-corrected chi connectivity index (χ4v) is 3.11. The highest BCUT2D eigenvalue weighted by atomic mass is 16.1. The van der Waals surface area contributed by atoms with Crippen LogP contribution in [0.2, 0.25) is 0 Å². The summed E-state index contributed by atoms with van der Waals surface area (Å²) >= 11 is 0. The SMILES string of the molecule is NCC1CCCCC1Nc1ccc(C(=O)NC2CC2)cc1. The van der Waals surface area contributed by atoms with Crippen LogP contribution in [-0.4, -0.2) is 24.5 Å². The van der Waals surface area contributed by atoms with Crippen molar-refractivity contribution in [3.8, 4) is 0 Å². The molecule has 0 saturated heterocycles. The minimum absolute atomic E-state index is 0.0431. The number of nitrogens with one attached hydrogen (secondary N) is 2. The predicted molar refractivity (Wildman–Crippen MR) is 85.4 cm³/mol. The van der Waals surface area contributed by atoms with Crippen LogP contribution in [-0.2, 0) is 0 Å². The Hall–Kier alpha value is -1.55. The molecule has 1 aromatic carbocycles. The Kier molecular flexibility index (Phi) is 4.44. The van der Waals surface area contributed by atoms with E-state index in [1.54, 1.807) is 0 Å². The quantitative estimate of drug-likeness (QED) is 0.779. The van der Waals surface area contributed by atoms with Gasteiger partial charge in [-0.25, -0.2) is 0 Å². The molecule has 2 atom stereocenters. The van der Waals surface area contributed by atoms with Crippen LogP contribution in [0.4, 0.5) is 5.69 Å². The summed E-state index contributed by atoms with van der Waals surface area (Å²) in [4.78, 5) is 11.9. The van der Waals surface area contributed by atoms with Gasteiger partial charge in [0.25, 0.3) is 5.91 Å². The number of anilines is 1. The Labute approximate surface area is 126 Å². The van der Waals surface area contributed by atoms with Crippen LogP contribution in [0.3, 0.4) is 0 Å². The number of hydrogen-bond donors (Lipinski definition) is 3. The Bertz CT molecular complexity index is 481. The standard InChI is InChI=1S/C17H25N3O/c18-11-13-3-1-2-4-16(13)19-14-7-5-12(6-8-14)17(21)20-15-9-10-15/h5-8,13,15-16,19H,1-4,9-11,18H2,(H,20,21). The molecule has 1 aromatic rings. The number of carbonyl (C=O) groups excluding carboxylic acids is 1. The van der Waals surface area contributed by atoms with E-state index in [2.05, 4.69) is 10.6 Å². The number of carbonyl (C=O) groups is 1. The second-order valence-electron chi connectivity index (χ2n) is 6.36. The van der Waals surface area contributed by atoms with E-state index < -0.39 is 0 Å². The minimum atomic E-state index is 0.0431. The first kappa shape index (κ1) is 14.4. The Balaban J connectivity index is 1.59. The topological polar surface area (TPSA) is 67.1 Å². The maximum Gasteiger partial charge on any atom is 0.251 e. The number of hydrogen-bond acceptors (Lipinski definition) is 3. The number of amides is 1. The lowest BCUT2D eigenvalue weighted by Gasteiger charge is -2.32. The third-order valence-electron chi connectivity index (χ3n) is 4.62. The largest absolute Gasteiger partial charge is 0.382 e. The van der Waals surface area contributed by atoms with Crippen molar-refractivity contribution in [2.45, 2.75) is 50.6 Å². The van der Waals surface area contributed by atoms with E-state index in [0.717, 1.165) is 30.6 Å². The molecule has 2 fully saturated rings. The maximum absolute atomic E-state index is 11.9. The van der Waals surface area contributed by atoms with E-state index in [0.29, 0.717) is 18.0 Å². The van der Waals surface area contributed by atoms with Crippen LogP contribution in [0.25, 0.3) is 0 Å². The summed E-state index contributed by atoms with van der Waals surface area (Å²) in [6, 6.07) is 8.69. The van der Waals surface area contributed by atoms with Crippen LogP contribution in [0.1, 0.15) is 48.9 Å². The van der Waals surface area contributed by atoms with Gasteiger partial charge in [0.2, 0.25) is 0 Å². The monoisotopic (exact) mass is 287 g/mol. The van der Waals surface area contributed by atoms with E-state index >= 15 is 0 Å². The summed E-state index contributed by atoms with van der Waals surface area (Å²) in [5.41, 5.74) is 7.70. The second-order valence-corrected chi connectivity index (χ2v) is 6.36. The van der Waals surface area contributed by atoms with Crippen molar-refractivity contribution in [3.05, 3.63) is 29.8 Å². The lowest BCUT2D eigenvalue weighted by molar-refractivity contribution is 0.0951. The van der Waals surface area contributed by atoms with Gasteiger partial charge in [-0.15, -0.1) is 0 Å². The zero-order chi connectivity index (χ0) is 14.7. The van der Waals surface area contributed by atoms with Crippen molar-refractivity contribution in [3.63, 3.8) is 0 Å². The molecule has 0 aliphatic heterocycles. The highest BCUT2D eigenvalue weighted by Crippen LogP contribution is 2.26. The molecule has 0 radical (unpaired) electrons. The molecule has 2 aliphatic carbocycles. The Morgan fingerprint density at radius 2 is 1.81 bits per heavy atom. The molecule has 0 aromatic heterocycles. The molecule has 114 valence electrons. The molecular weight excluding hydrogens is 262 g/mol. The lowest BCUT2D eigenvalue weighted by Crippen LogP contribution is -2.36. The van der Waals surface area contributed by atoms with Crippen LogP contribution < -0.4 is 16.4 Å². The van der Waals surface area contributed by atoms with Crippen molar-refractivity contribution in [2.75, 3.05) is 11.9 Å². The van der Waals surface area contributed by atoms with E-state index in [9.17, 15) is 4.79 Å². The molecular formula is C17H25N3O. The van der Waals surface area contributed by atoms with Gasteiger partial charge in [-0.2, -0.15) is 0 Å². The maximum atomic E-state index is 11.9. The van der Waals surface area contributed by atoms with Gasteiger partial charge in [0.1, 0.15) is 0 Å². The fraction of sp³-hybridized carbons (Fsp3) is 0.588. The summed E-state index contributed by atoms with van der Waals surface area (Å²) in [7, 11) is 0. The fourth-order valence-electron chi connectivity index (χ4n) is 3.11. The molecule has 3 rings (SSSR count). The zero-order valence-electron chi connectivity index (χ0n) is 12.5. The molecule has 2 saturated carbocycles. The first-order valence-electron chi connectivity index (χ1n) is 8.14. The van der Waals surface area contributed by atoms with E-state index in [1.807, 2.05) is 24.3 Å². The number of nitrogens with two attached hydrogens (primary N) is 1. The molecule has 4 heteroatoms. The van der Waals surface area contributed by atoms with E-state index in [1.165, 1.54) is 25.7 Å². The summed E-state index contributed by atoms with van der Waals surface area (Å²) in [5, 5.41) is 6.60. The molecule has 1 amide bonds. The first-order chi connectivity index (χ1) is 10.3. The summed E-state index contributed by atoms with van der Waals surface area (Å²) in [6.07, 6.45) is 7.21. The van der Waals surface area contributed by atoms with Gasteiger partial charge >= 0.3 is 0 Å². The van der Waals surface area contributed by atoms with Crippen LogP contribution in [0.15, 0.2) is 24.3 Å². The Morgan fingerprint density at radius 1 is 1.10 bits per heavy atom. The zero-order valence-corrected chi connectivity index (χ0v) is 12.5. The molecule has 0 heterocycles. The van der Waals surface area contributed by atoms with Gasteiger partial charge in [0.15, 0.2) is 0 Å². The molecule has 2 unspecified atom stereocenters. The minimum Gasteiger partial charge on any atom is -0.382 e. The normalized spacial score (nSPS) is 25.4. The molecule has 4 nitrogen and oxygen atoms in total. The van der Waals surface area contributed by atoms with Gasteiger partial charge in [-0.1, -0.05) is 12.8 Å². The summed E-state index contributed by atoms with van der Waals surface area (Å²) in [6.45, 7) is 0.750. The third-order valence-corrected chi connectivity index (χ3v) is 4.62. The van der Waals surface area contributed by atoms with Crippen LogP contribution in [0, 0.1) is 5.92 Å². The van der Waals surface area contributed by atoms with Gasteiger partial charge < -0.3 is 16.4 Å². The molecule has 2 aliphatic rings. The highest BCUT2D eigenvalue weighted by Gasteiger charge is 2.25. The molecule has 21 heavy (non-hydrogen) atoms. The first-order valence-corrected chi connectivity index (χ1v) is 8.14. The highest BCUT2D eigenvalue weighted by molar-refractivity contribution is 5.94. The van der Waals surface area contributed by atoms with E-state index in [4.69, 9.17) is 5.73 Å². The average Bonchev–Trinajstić information content (AvgIpc) is 3.32. The second kappa shape index (κ2) is 6.48. The van der Waals surface area contributed by atoms with Gasteiger partial charge in [0.05, 0.1) is 0 Å². The van der Waals surface area contributed by atoms with Crippen molar-refractivity contribution >= 4 is 11.6 Å². The number of benzene rings is 1. The van der Waals surface area contributed by atoms with Crippen molar-refractivity contribution in [1.82, 2.24) is 5.32 Å². The van der Waals surface area contributed by atoms with Crippen molar-refractivity contribution in [2.24, 2.45) is 11.7 Å². The molecule has 0 bridgehead atoms. The van der Waals surface area contributed by atoms with Crippen molar-refractivity contribution in [1.29, 1.82) is 0 Å². The average molecular weight is 287 g/mol. The summed E-state index contributed by atoms with van der Waals surface area (Å²) < 4.78 is 0. The Morgan fingerprint density at radius 3 is 2.48 bits per heavy atom. The molecule has 4 N–H and O–H groups in total. The van der Waals surface area contributed by atoms with Gasteiger partial charge in [-0.3, -0.25) is 4.79 Å².